The van der Waals surface area contributed by atoms with Gasteiger partial charge in [-0.1, -0.05) is 42.2 Å². The lowest BCUT2D eigenvalue weighted by molar-refractivity contribution is 0.517. The Morgan fingerprint density at radius 1 is 0.871 bits per heavy atom. The molecule has 0 amide bonds. The van der Waals surface area contributed by atoms with Crippen molar-refractivity contribution in [2.45, 2.75) is 12.8 Å². The molecule has 1 heterocycles. The minimum atomic E-state index is -0.894. The number of rotatable bonds is 4. The normalized spacial score (nSPS) is 10.5. The molecular weight excluding hydrogens is 395 g/mol. The van der Waals surface area contributed by atoms with Crippen LogP contribution in [0.4, 0.5) is 13.2 Å². The van der Waals surface area contributed by atoms with Gasteiger partial charge < -0.3 is 0 Å². The van der Waals surface area contributed by atoms with Crippen molar-refractivity contribution in [2.24, 2.45) is 0 Å². The second kappa shape index (κ2) is 8.89. The molecule has 3 aromatic carbocycles. The quantitative estimate of drug-likeness (QED) is 0.264. The van der Waals surface area contributed by atoms with Gasteiger partial charge in [-0.25, -0.2) is 13.2 Å². The van der Waals surface area contributed by atoms with Crippen molar-refractivity contribution < 1.29 is 13.2 Å². The van der Waals surface area contributed by atoms with Crippen LogP contribution in [0.1, 0.15) is 23.1 Å². The average Bonchev–Trinajstić information content (AvgIpc) is 2.79. The zero-order valence-electron chi connectivity index (χ0n) is 16.6. The highest BCUT2D eigenvalue weighted by Gasteiger charge is 2.07. The van der Waals surface area contributed by atoms with Gasteiger partial charge in [0.1, 0.15) is 5.82 Å². The summed E-state index contributed by atoms with van der Waals surface area (Å²) in [7, 11) is 0. The lowest BCUT2D eigenvalue weighted by Crippen LogP contribution is -1.91. The van der Waals surface area contributed by atoms with Crippen LogP contribution in [0.3, 0.4) is 0 Å². The summed E-state index contributed by atoms with van der Waals surface area (Å²) >= 11 is 0. The molecule has 152 valence electrons. The summed E-state index contributed by atoms with van der Waals surface area (Å²) in [4.78, 5) is 4.41. The number of hydrogen-bond donors (Lipinski definition) is 0. The summed E-state index contributed by atoms with van der Waals surface area (Å²) in [6.07, 6.45) is 5.40. The van der Waals surface area contributed by atoms with Gasteiger partial charge in [-0.15, -0.1) is 6.58 Å². The van der Waals surface area contributed by atoms with Gasteiger partial charge in [0, 0.05) is 22.7 Å². The number of hydrogen-bond acceptors (Lipinski definition) is 1. The molecule has 0 N–H and O–H groups in total. The molecule has 0 fully saturated rings. The third-order valence-electron chi connectivity index (χ3n) is 4.98. The van der Waals surface area contributed by atoms with Crippen LogP contribution in [-0.2, 0) is 6.42 Å². The predicted molar refractivity (Wildman–Crippen MR) is 118 cm³/mol. The van der Waals surface area contributed by atoms with E-state index in [2.05, 4.69) is 23.4 Å². The molecule has 0 aliphatic rings. The summed E-state index contributed by atoms with van der Waals surface area (Å²) in [5.74, 6) is 3.46. The first kappa shape index (κ1) is 20.4. The van der Waals surface area contributed by atoms with E-state index in [4.69, 9.17) is 0 Å². The lowest BCUT2D eigenvalue weighted by atomic mass is 10.0. The van der Waals surface area contributed by atoms with E-state index in [1.165, 1.54) is 18.2 Å². The molecule has 31 heavy (non-hydrogen) atoms. The summed E-state index contributed by atoms with van der Waals surface area (Å²) in [5.41, 5.74) is 3.28. The lowest BCUT2D eigenvalue weighted by Gasteiger charge is -2.04. The minimum absolute atomic E-state index is 0.184. The maximum Gasteiger partial charge on any atom is 0.166 e. The smallest absolute Gasteiger partial charge is 0.166 e. The van der Waals surface area contributed by atoms with Crippen LogP contribution < -0.4 is 0 Å². The molecule has 1 aromatic heterocycles. The van der Waals surface area contributed by atoms with E-state index in [1.807, 2.05) is 18.2 Å². The molecule has 0 aliphatic heterocycles. The van der Waals surface area contributed by atoms with E-state index in [0.717, 1.165) is 24.5 Å². The molecular formula is C27H18F3N. The molecule has 4 aromatic rings. The second-order valence-corrected chi connectivity index (χ2v) is 7.12. The Morgan fingerprint density at radius 2 is 1.74 bits per heavy atom. The maximum absolute atomic E-state index is 14.6. The molecule has 0 saturated carbocycles. The molecule has 4 heteroatoms. The van der Waals surface area contributed by atoms with E-state index in [0.29, 0.717) is 22.2 Å². The van der Waals surface area contributed by atoms with Crippen LogP contribution in [0.25, 0.3) is 22.0 Å². The van der Waals surface area contributed by atoms with Crippen molar-refractivity contribution in [3.05, 3.63) is 114 Å². The molecule has 0 bridgehead atoms. The third-order valence-corrected chi connectivity index (χ3v) is 4.98. The van der Waals surface area contributed by atoms with E-state index in [9.17, 15) is 13.2 Å². The highest BCUT2D eigenvalue weighted by Crippen LogP contribution is 2.22. The van der Waals surface area contributed by atoms with Gasteiger partial charge in [0.2, 0.25) is 0 Å². The summed E-state index contributed by atoms with van der Waals surface area (Å²) in [5, 5.41) is 0.716. The first-order valence-corrected chi connectivity index (χ1v) is 9.80. The van der Waals surface area contributed by atoms with Crippen molar-refractivity contribution in [1.82, 2.24) is 4.98 Å². The second-order valence-electron chi connectivity index (χ2n) is 7.12. The molecule has 0 aliphatic carbocycles. The Balaban J connectivity index is 1.57. The van der Waals surface area contributed by atoms with Crippen molar-refractivity contribution in [1.29, 1.82) is 0 Å². The van der Waals surface area contributed by atoms with Gasteiger partial charge in [-0.2, -0.15) is 0 Å². The van der Waals surface area contributed by atoms with Crippen molar-refractivity contribution in [3.8, 4) is 23.1 Å². The van der Waals surface area contributed by atoms with Crippen LogP contribution in [0, 0.1) is 29.3 Å². The zero-order chi connectivity index (χ0) is 21.8. The highest BCUT2D eigenvalue weighted by atomic mass is 19.2. The molecule has 0 unspecified atom stereocenters. The molecule has 4 rings (SSSR count). The largest absolute Gasteiger partial charge is 0.256 e. The Bertz CT molecular complexity index is 1330. The fourth-order valence-corrected chi connectivity index (χ4v) is 3.27. The highest BCUT2D eigenvalue weighted by molar-refractivity contribution is 5.84. The number of fused-ring (bicyclic) bond motifs is 1. The molecule has 1 nitrogen and oxygen atoms in total. The van der Waals surface area contributed by atoms with Gasteiger partial charge in [-0.05, 0) is 60.2 Å². The Labute approximate surface area is 178 Å². The summed E-state index contributed by atoms with van der Waals surface area (Å²) < 4.78 is 41.8. The number of halogens is 3. The number of pyridine rings is 1. The van der Waals surface area contributed by atoms with Gasteiger partial charge in [-0.3, -0.25) is 4.98 Å². The van der Waals surface area contributed by atoms with Crippen LogP contribution in [0.2, 0.25) is 0 Å². The zero-order valence-corrected chi connectivity index (χ0v) is 16.6. The topological polar surface area (TPSA) is 12.9 Å². The molecule has 0 spiro atoms. The fourth-order valence-electron chi connectivity index (χ4n) is 3.27. The van der Waals surface area contributed by atoms with Crippen molar-refractivity contribution in [2.75, 3.05) is 0 Å². The Morgan fingerprint density at radius 3 is 2.48 bits per heavy atom. The van der Waals surface area contributed by atoms with E-state index < -0.39 is 17.5 Å². The van der Waals surface area contributed by atoms with Crippen molar-refractivity contribution >= 4 is 10.8 Å². The number of aromatic nitrogens is 1. The SMILES string of the molecule is C=CCCc1ccc(-c2ccc(C#Cc3ccc4c(F)c(F)ccc4c3)c(F)c2)nc1. The summed E-state index contributed by atoms with van der Waals surface area (Å²) in [6, 6.07) is 15.9. The van der Waals surface area contributed by atoms with E-state index >= 15 is 0 Å². The molecule has 0 saturated heterocycles. The fraction of sp³-hybridized carbons (Fsp3) is 0.0741. The molecule has 0 radical (unpaired) electrons. The Hall–Kier alpha value is -3.84. The molecule has 0 atom stereocenters. The van der Waals surface area contributed by atoms with Gasteiger partial charge in [0.25, 0.3) is 0 Å². The van der Waals surface area contributed by atoms with Gasteiger partial charge >= 0.3 is 0 Å². The monoisotopic (exact) mass is 413 g/mol. The van der Waals surface area contributed by atoms with Crippen molar-refractivity contribution in [3.63, 3.8) is 0 Å². The summed E-state index contributed by atoms with van der Waals surface area (Å²) in [6.45, 7) is 3.71. The maximum atomic E-state index is 14.6. The van der Waals surface area contributed by atoms with Crippen LogP contribution in [0.5, 0.6) is 0 Å². The number of benzene rings is 3. The third kappa shape index (κ3) is 4.51. The first-order chi connectivity index (χ1) is 15.0. The number of nitrogens with zero attached hydrogens (tertiary/aromatic N) is 1. The Kier molecular flexibility index (Phi) is 5.86. The average molecular weight is 413 g/mol. The van der Waals surface area contributed by atoms with Crippen LogP contribution in [-0.4, -0.2) is 4.98 Å². The predicted octanol–water partition coefficient (Wildman–Crippen LogP) is 6.84. The first-order valence-electron chi connectivity index (χ1n) is 9.80. The van der Waals surface area contributed by atoms with E-state index in [-0.39, 0.29) is 10.9 Å². The van der Waals surface area contributed by atoms with Gasteiger partial charge in [0.05, 0.1) is 11.3 Å². The minimum Gasteiger partial charge on any atom is -0.256 e. The number of aryl methyl sites for hydroxylation is 1. The standard InChI is InChI=1S/C27H18F3N/c1-2-3-4-19-7-14-26(31-17-19)22-10-9-20(25(29)16-22)8-5-18-6-12-23-21(15-18)11-13-24(28)27(23)30/h2,6-7,9-17H,1,3-4H2. The van der Waals surface area contributed by atoms with Gasteiger partial charge in [0.15, 0.2) is 11.6 Å². The van der Waals surface area contributed by atoms with Crippen LogP contribution >= 0.6 is 0 Å². The van der Waals surface area contributed by atoms with Crippen LogP contribution in [0.15, 0.2) is 79.5 Å². The number of allylic oxidation sites excluding steroid dienone is 1. The van der Waals surface area contributed by atoms with E-state index in [1.54, 1.807) is 30.5 Å².